The van der Waals surface area contributed by atoms with E-state index in [1.807, 2.05) is 29.2 Å². The number of unbranched alkanes of at least 4 members (excludes halogenated alkanes) is 2. The summed E-state index contributed by atoms with van der Waals surface area (Å²) < 4.78 is 0. The molecule has 0 aliphatic heterocycles. The van der Waals surface area contributed by atoms with E-state index in [1.54, 1.807) is 0 Å². The summed E-state index contributed by atoms with van der Waals surface area (Å²) in [5, 5.41) is 0. The molecule has 0 radical (unpaired) electrons. The van der Waals surface area contributed by atoms with Crippen LogP contribution in [0.2, 0.25) is 0 Å². The van der Waals surface area contributed by atoms with Crippen LogP contribution < -0.4 is 5.73 Å². The topological polar surface area (TPSA) is 46.3 Å². The lowest BCUT2D eigenvalue weighted by Crippen LogP contribution is -2.33. The highest BCUT2D eigenvalue weighted by Crippen LogP contribution is 2.10. The lowest BCUT2D eigenvalue weighted by Gasteiger charge is -2.22. The van der Waals surface area contributed by atoms with Gasteiger partial charge in [-0.3, -0.25) is 4.79 Å². The molecule has 0 bridgehead atoms. The number of nitrogen functional groups attached to an aromatic ring is 1. The molecule has 112 valence electrons. The molecule has 0 heterocycles. The molecule has 1 rings (SSSR count). The zero-order valence-corrected chi connectivity index (χ0v) is 12.9. The highest BCUT2D eigenvalue weighted by Gasteiger charge is 2.12. The number of carbonyl (C=O) groups excluding carboxylic acids is 1. The number of hydrogen-bond donors (Lipinski definition) is 1. The monoisotopic (exact) mass is 276 g/mol. The Hall–Kier alpha value is -1.51. The largest absolute Gasteiger partial charge is 0.399 e. The summed E-state index contributed by atoms with van der Waals surface area (Å²) in [7, 11) is 0. The van der Waals surface area contributed by atoms with Crippen molar-refractivity contribution in [3.8, 4) is 0 Å². The minimum Gasteiger partial charge on any atom is -0.399 e. The fourth-order valence-corrected chi connectivity index (χ4v) is 2.15. The molecule has 0 saturated carbocycles. The average molecular weight is 276 g/mol. The van der Waals surface area contributed by atoms with Gasteiger partial charge in [0.2, 0.25) is 5.91 Å². The summed E-state index contributed by atoms with van der Waals surface area (Å²) >= 11 is 0. The van der Waals surface area contributed by atoms with Crippen LogP contribution in [0.15, 0.2) is 24.3 Å². The van der Waals surface area contributed by atoms with E-state index in [0.717, 1.165) is 50.9 Å². The van der Waals surface area contributed by atoms with Gasteiger partial charge < -0.3 is 10.6 Å². The SMILES string of the molecule is CCCCN(CCCC)C(=O)CCc1ccc(N)cc1. The van der Waals surface area contributed by atoms with Gasteiger partial charge in [-0.05, 0) is 37.0 Å². The summed E-state index contributed by atoms with van der Waals surface area (Å²) in [5.41, 5.74) is 7.62. The summed E-state index contributed by atoms with van der Waals surface area (Å²) in [6, 6.07) is 7.80. The van der Waals surface area contributed by atoms with Crippen molar-refractivity contribution >= 4 is 11.6 Å². The minimum absolute atomic E-state index is 0.281. The molecular formula is C17H28N2O. The van der Waals surface area contributed by atoms with Gasteiger partial charge in [0.15, 0.2) is 0 Å². The molecule has 0 aliphatic carbocycles. The predicted molar refractivity (Wildman–Crippen MR) is 85.6 cm³/mol. The van der Waals surface area contributed by atoms with E-state index < -0.39 is 0 Å². The first-order chi connectivity index (χ1) is 9.67. The lowest BCUT2D eigenvalue weighted by atomic mass is 10.1. The molecule has 20 heavy (non-hydrogen) atoms. The third kappa shape index (κ3) is 6.09. The van der Waals surface area contributed by atoms with E-state index in [9.17, 15) is 4.79 Å². The third-order valence-electron chi connectivity index (χ3n) is 3.52. The van der Waals surface area contributed by atoms with E-state index in [1.165, 1.54) is 5.56 Å². The van der Waals surface area contributed by atoms with Gasteiger partial charge >= 0.3 is 0 Å². The first-order valence-corrected chi connectivity index (χ1v) is 7.79. The van der Waals surface area contributed by atoms with Gasteiger partial charge in [-0.1, -0.05) is 38.8 Å². The maximum Gasteiger partial charge on any atom is 0.222 e. The number of rotatable bonds is 9. The maximum absolute atomic E-state index is 12.3. The van der Waals surface area contributed by atoms with Crippen molar-refractivity contribution in [1.82, 2.24) is 4.90 Å². The quantitative estimate of drug-likeness (QED) is 0.700. The molecule has 0 atom stereocenters. The standard InChI is InChI=1S/C17H28N2O/c1-3-5-13-19(14-6-4-2)17(20)12-9-15-7-10-16(18)11-8-15/h7-8,10-11H,3-6,9,12-14,18H2,1-2H3. The Balaban J connectivity index is 2.45. The number of amides is 1. The first-order valence-electron chi connectivity index (χ1n) is 7.79. The van der Waals surface area contributed by atoms with Crippen molar-refractivity contribution in [3.05, 3.63) is 29.8 Å². The van der Waals surface area contributed by atoms with Gasteiger partial charge in [0, 0.05) is 25.2 Å². The van der Waals surface area contributed by atoms with Crippen molar-refractivity contribution < 1.29 is 4.79 Å². The van der Waals surface area contributed by atoms with E-state index >= 15 is 0 Å². The van der Waals surface area contributed by atoms with Gasteiger partial charge in [-0.25, -0.2) is 0 Å². The molecule has 0 unspecified atom stereocenters. The third-order valence-corrected chi connectivity index (χ3v) is 3.52. The van der Waals surface area contributed by atoms with Crippen molar-refractivity contribution in [1.29, 1.82) is 0 Å². The van der Waals surface area contributed by atoms with E-state index in [2.05, 4.69) is 13.8 Å². The number of anilines is 1. The van der Waals surface area contributed by atoms with Crippen LogP contribution in [-0.2, 0) is 11.2 Å². The van der Waals surface area contributed by atoms with E-state index in [0.29, 0.717) is 6.42 Å². The molecule has 3 nitrogen and oxygen atoms in total. The molecule has 2 N–H and O–H groups in total. The second kappa shape index (κ2) is 9.40. The number of hydrogen-bond acceptors (Lipinski definition) is 2. The second-order valence-corrected chi connectivity index (χ2v) is 5.33. The summed E-state index contributed by atoms with van der Waals surface area (Å²) in [6.45, 7) is 6.13. The zero-order chi connectivity index (χ0) is 14.8. The molecule has 0 fully saturated rings. The van der Waals surface area contributed by atoms with E-state index in [-0.39, 0.29) is 5.91 Å². The second-order valence-electron chi connectivity index (χ2n) is 5.33. The number of nitrogens with zero attached hydrogens (tertiary/aromatic N) is 1. The van der Waals surface area contributed by atoms with Crippen LogP contribution in [0.4, 0.5) is 5.69 Å². The molecule has 0 saturated heterocycles. The van der Waals surface area contributed by atoms with E-state index in [4.69, 9.17) is 5.73 Å². The van der Waals surface area contributed by atoms with Crippen molar-refractivity contribution in [3.63, 3.8) is 0 Å². The molecule has 0 aromatic heterocycles. The van der Waals surface area contributed by atoms with Gasteiger partial charge in [0.25, 0.3) is 0 Å². The molecule has 0 spiro atoms. The normalized spacial score (nSPS) is 10.5. The predicted octanol–water partition coefficient (Wildman–Crippen LogP) is 3.63. The smallest absolute Gasteiger partial charge is 0.222 e. The average Bonchev–Trinajstić information content (AvgIpc) is 2.46. The Labute approximate surface area is 123 Å². The highest BCUT2D eigenvalue weighted by atomic mass is 16.2. The van der Waals surface area contributed by atoms with Crippen LogP contribution in [0, 0.1) is 0 Å². The van der Waals surface area contributed by atoms with Crippen LogP contribution in [0.3, 0.4) is 0 Å². The molecule has 3 heteroatoms. The van der Waals surface area contributed by atoms with Crippen molar-refractivity contribution in [2.24, 2.45) is 0 Å². The minimum atomic E-state index is 0.281. The first kappa shape index (κ1) is 16.5. The number of carbonyl (C=O) groups is 1. The van der Waals surface area contributed by atoms with Gasteiger partial charge in [-0.2, -0.15) is 0 Å². The number of aryl methyl sites for hydroxylation is 1. The van der Waals surface area contributed by atoms with Crippen LogP contribution in [0.1, 0.15) is 51.5 Å². The summed E-state index contributed by atoms with van der Waals surface area (Å²) in [5.74, 6) is 0.281. The molecule has 0 aliphatic rings. The Morgan fingerprint density at radius 2 is 1.60 bits per heavy atom. The van der Waals surface area contributed by atoms with Crippen molar-refractivity contribution in [2.45, 2.75) is 52.4 Å². The van der Waals surface area contributed by atoms with Gasteiger partial charge in [-0.15, -0.1) is 0 Å². The summed E-state index contributed by atoms with van der Waals surface area (Å²) in [4.78, 5) is 14.3. The number of benzene rings is 1. The fourth-order valence-electron chi connectivity index (χ4n) is 2.15. The van der Waals surface area contributed by atoms with Crippen LogP contribution >= 0.6 is 0 Å². The Kier molecular flexibility index (Phi) is 7.78. The Morgan fingerprint density at radius 3 is 2.10 bits per heavy atom. The lowest BCUT2D eigenvalue weighted by molar-refractivity contribution is -0.131. The zero-order valence-electron chi connectivity index (χ0n) is 12.9. The highest BCUT2D eigenvalue weighted by molar-refractivity contribution is 5.76. The summed E-state index contributed by atoms with van der Waals surface area (Å²) in [6.07, 6.45) is 5.85. The maximum atomic E-state index is 12.3. The molecular weight excluding hydrogens is 248 g/mol. The number of nitrogens with two attached hydrogens (primary N) is 1. The van der Waals surface area contributed by atoms with Crippen LogP contribution in [0.25, 0.3) is 0 Å². The van der Waals surface area contributed by atoms with Gasteiger partial charge in [0.1, 0.15) is 0 Å². The van der Waals surface area contributed by atoms with Crippen molar-refractivity contribution in [2.75, 3.05) is 18.8 Å². The van der Waals surface area contributed by atoms with Crippen LogP contribution in [-0.4, -0.2) is 23.9 Å². The molecule has 1 amide bonds. The molecule has 1 aromatic rings. The fraction of sp³-hybridized carbons (Fsp3) is 0.588. The molecule has 1 aromatic carbocycles. The Morgan fingerprint density at radius 1 is 1.05 bits per heavy atom. The van der Waals surface area contributed by atoms with Crippen LogP contribution in [0.5, 0.6) is 0 Å². The Bertz CT molecular complexity index is 378. The van der Waals surface area contributed by atoms with Gasteiger partial charge in [0.05, 0.1) is 0 Å².